The summed E-state index contributed by atoms with van der Waals surface area (Å²) in [5, 5.41) is 10.8. The van der Waals surface area contributed by atoms with E-state index in [0.29, 0.717) is 23.1 Å². The molecule has 6 heteroatoms. The monoisotopic (exact) mass is 307 g/mol. The lowest BCUT2D eigenvalue weighted by Crippen LogP contribution is -1.94. The van der Waals surface area contributed by atoms with Crippen LogP contribution in [0.15, 0.2) is 36.4 Å². The van der Waals surface area contributed by atoms with E-state index < -0.39 is 4.92 Å². The van der Waals surface area contributed by atoms with Crippen LogP contribution < -0.4 is 9.47 Å². The highest BCUT2D eigenvalue weighted by Gasteiger charge is 2.13. The van der Waals surface area contributed by atoms with Gasteiger partial charge < -0.3 is 9.47 Å². The number of nitro benzene ring substituents is 1. The molecule has 0 saturated carbocycles. The van der Waals surface area contributed by atoms with Gasteiger partial charge in [-0.05, 0) is 36.2 Å². The van der Waals surface area contributed by atoms with E-state index in [0.717, 1.165) is 11.1 Å². The van der Waals surface area contributed by atoms with Crippen molar-refractivity contribution in [3.05, 3.63) is 57.6 Å². The average molecular weight is 308 g/mol. The van der Waals surface area contributed by atoms with Crippen molar-refractivity contribution in [2.75, 3.05) is 7.11 Å². The number of aryl methyl sites for hydroxylation is 1. The maximum absolute atomic E-state index is 10.8. The van der Waals surface area contributed by atoms with Crippen LogP contribution in [0.4, 0.5) is 5.69 Å². The molecule has 0 radical (unpaired) electrons. The van der Waals surface area contributed by atoms with Gasteiger partial charge in [0.15, 0.2) is 11.5 Å². The van der Waals surface area contributed by atoms with Gasteiger partial charge in [-0.3, -0.25) is 10.1 Å². The van der Waals surface area contributed by atoms with Gasteiger partial charge in [-0.15, -0.1) is 11.6 Å². The SMILES string of the molecule is COc1cc([N+](=O)[O-])ccc1Oc1ccc(CCl)c(C)c1. The summed E-state index contributed by atoms with van der Waals surface area (Å²) in [6.45, 7) is 1.94. The van der Waals surface area contributed by atoms with Crippen LogP contribution >= 0.6 is 11.6 Å². The van der Waals surface area contributed by atoms with Crippen LogP contribution in [0.5, 0.6) is 17.2 Å². The Morgan fingerprint density at radius 2 is 1.95 bits per heavy atom. The second kappa shape index (κ2) is 6.45. The maximum atomic E-state index is 10.8. The third kappa shape index (κ3) is 3.44. The zero-order chi connectivity index (χ0) is 15.4. The summed E-state index contributed by atoms with van der Waals surface area (Å²) in [6, 6.07) is 9.76. The van der Waals surface area contributed by atoms with E-state index in [2.05, 4.69) is 0 Å². The van der Waals surface area contributed by atoms with Crippen LogP contribution in [0.3, 0.4) is 0 Å². The van der Waals surface area contributed by atoms with Crippen LogP contribution in [0.2, 0.25) is 0 Å². The first kappa shape index (κ1) is 15.1. The number of nitrogens with zero attached hydrogens (tertiary/aromatic N) is 1. The number of hydrogen-bond donors (Lipinski definition) is 0. The molecule has 2 aromatic rings. The van der Waals surface area contributed by atoms with E-state index in [4.69, 9.17) is 21.1 Å². The standard InChI is InChI=1S/C15H14ClNO4/c1-10-7-13(5-3-11(10)9-16)21-14-6-4-12(17(18)19)8-15(14)20-2/h3-8H,9H2,1-2H3. The molecule has 0 bridgehead atoms. The highest BCUT2D eigenvalue weighted by atomic mass is 35.5. The number of alkyl halides is 1. The number of halogens is 1. The summed E-state index contributed by atoms with van der Waals surface area (Å²) in [7, 11) is 1.44. The van der Waals surface area contributed by atoms with Crippen molar-refractivity contribution in [1.82, 2.24) is 0 Å². The van der Waals surface area contributed by atoms with Crippen molar-refractivity contribution in [3.63, 3.8) is 0 Å². The predicted molar refractivity (Wildman–Crippen MR) is 80.5 cm³/mol. The molecular formula is C15H14ClNO4. The molecule has 5 nitrogen and oxygen atoms in total. The number of rotatable bonds is 5. The highest BCUT2D eigenvalue weighted by molar-refractivity contribution is 6.17. The van der Waals surface area contributed by atoms with Gasteiger partial charge in [0.05, 0.1) is 18.1 Å². The van der Waals surface area contributed by atoms with Gasteiger partial charge in [-0.1, -0.05) is 6.07 Å². The van der Waals surface area contributed by atoms with Crippen LogP contribution in [-0.2, 0) is 5.88 Å². The number of nitro groups is 1. The maximum Gasteiger partial charge on any atom is 0.273 e. The Kier molecular flexibility index (Phi) is 4.65. The molecule has 21 heavy (non-hydrogen) atoms. The molecule has 2 rings (SSSR count). The van der Waals surface area contributed by atoms with E-state index >= 15 is 0 Å². The lowest BCUT2D eigenvalue weighted by Gasteiger charge is -2.11. The molecule has 0 heterocycles. The Hall–Kier alpha value is -2.27. The molecule has 110 valence electrons. The fraction of sp³-hybridized carbons (Fsp3) is 0.200. The van der Waals surface area contributed by atoms with Gasteiger partial charge >= 0.3 is 0 Å². The Balaban J connectivity index is 2.30. The Morgan fingerprint density at radius 1 is 1.19 bits per heavy atom. The average Bonchev–Trinajstić information content (AvgIpc) is 2.47. The Labute approximate surface area is 127 Å². The van der Waals surface area contributed by atoms with Crippen LogP contribution in [-0.4, -0.2) is 12.0 Å². The van der Waals surface area contributed by atoms with Crippen molar-refractivity contribution < 1.29 is 14.4 Å². The first-order valence-electron chi connectivity index (χ1n) is 6.21. The first-order valence-corrected chi connectivity index (χ1v) is 6.74. The molecule has 0 aromatic heterocycles. The zero-order valence-electron chi connectivity index (χ0n) is 11.6. The number of non-ortho nitro benzene ring substituents is 1. The van der Waals surface area contributed by atoms with Crippen LogP contribution in [0.1, 0.15) is 11.1 Å². The van der Waals surface area contributed by atoms with Gasteiger partial charge in [-0.25, -0.2) is 0 Å². The molecule has 0 amide bonds. The molecular weight excluding hydrogens is 294 g/mol. The minimum absolute atomic E-state index is 0.0483. The second-order valence-corrected chi connectivity index (χ2v) is 4.68. The third-order valence-corrected chi connectivity index (χ3v) is 3.33. The van der Waals surface area contributed by atoms with E-state index in [1.54, 1.807) is 6.07 Å². The zero-order valence-corrected chi connectivity index (χ0v) is 12.4. The minimum Gasteiger partial charge on any atom is -0.493 e. The predicted octanol–water partition coefficient (Wildman–Crippen LogP) is 4.44. The largest absolute Gasteiger partial charge is 0.493 e. The fourth-order valence-corrected chi connectivity index (χ4v) is 2.16. The van der Waals surface area contributed by atoms with E-state index in [1.165, 1.54) is 25.3 Å². The quantitative estimate of drug-likeness (QED) is 0.465. The lowest BCUT2D eigenvalue weighted by molar-refractivity contribution is -0.384. The summed E-state index contributed by atoms with van der Waals surface area (Å²) in [6.07, 6.45) is 0. The summed E-state index contributed by atoms with van der Waals surface area (Å²) < 4.78 is 10.9. The van der Waals surface area contributed by atoms with Crippen molar-refractivity contribution in [1.29, 1.82) is 0 Å². The Bertz CT molecular complexity index is 673. The molecule has 0 aliphatic carbocycles. The van der Waals surface area contributed by atoms with Gasteiger partial charge in [0.25, 0.3) is 5.69 Å². The topological polar surface area (TPSA) is 61.6 Å². The lowest BCUT2D eigenvalue weighted by atomic mass is 10.1. The smallest absolute Gasteiger partial charge is 0.273 e. The normalized spacial score (nSPS) is 10.2. The van der Waals surface area contributed by atoms with Crippen molar-refractivity contribution in [3.8, 4) is 17.2 Å². The minimum atomic E-state index is -0.480. The molecule has 0 spiro atoms. The van der Waals surface area contributed by atoms with Gasteiger partial charge in [0.2, 0.25) is 0 Å². The van der Waals surface area contributed by atoms with Crippen molar-refractivity contribution in [2.24, 2.45) is 0 Å². The second-order valence-electron chi connectivity index (χ2n) is 4.42. The van der Waals surface area contributed by atoms with Gasteiger partial charge in [-0.2, -0.15) is 0 Å². The molecule has 0 saturated heterocycles. The summed E-state index contributed by atoms with van der Waals surface area (Å²) in [5.41, 5.74) is 2.00. The molecule has 0 unspecified atom stereocenters. The summed E-state index contributed by atoms with van der Waals surface area (Å²) in [4.78, 5) is 10.3. The summed E-state index contributed by atoms with van der Waals surface area (Å²) in [5.74, 6) is 1.78. The van der Waals surface area contributed by atoms with Crippen molar-refractivity contribution >= 4 is 17.3 Å². The van der Waals surface area contributed by atoms with Crippen LogP contribution in [0.25, 0.3) is 0 Å². The van der Waals surface area contributed by atoms with E-state index in [1.807, 2.05) is 19.1 Å². The molecule has 2 aromatic carbocycles. The van der Waals surface area contributed by atoms with Crippen molar-refractivity contribution in [2.45, 2.75) is 12.8 Å². The summed E-state index contributed by atoms with van der Waals surface area (Å²) >= 11 is 5.81. The van der Waals surface area contributed by atoms with Crippen LogP contribution in [0, 0.1) is 17.0 Å². The van der Waals surface area contributed by atoms with Gasteiger partial charge in [0.1, 0.15) is 5.75 Å². The van der Waals surface area contributed by atoms with E-state index in [-0.39, 0.29) is 5.69 Å². The number of hydrogen-bond acceptors (Lipinski definition) is 4. The molecule has 0 aliphatic rings. The molecule has 0 fully saturated rings. The highest BCUT2D eigenvalue weighted by Crippen LogP contribution is 2.35. The third-order valence-electron chi connectivity index (χ3n) is 3.04. The fourth-order valence-electron chi connectivity index (χ4n) is 1.86. The number of methoxy groups -OCH3 is 1. The molecule has 0 N–H and O–H groups in total. The molecule has 0 atom stereocenters. The first-order chi connectivity index (χ1) is 10.0. The molecule has 0 aliphatic heterocycles. The Morgan fingerprint density at radius 3 is 2.52 bits per heavy atom. The van der Waals surface area contributed by atoms with Gasteiger partial charge in [0, 0.05) is 11.9 Å². The number of ether oxygens (including phenoxy) is 2. The number of benzene rings is 2. The van der Waals surface area contributed by atoms with E-state index in [9.17, 15) is 10.1 Å².